The summed E-state index contributed by atoms with van der Waals surface area (Å²) in [5.74, 6) is 1.24. The largest absolute Gasteiger partial charge is 0.497 e. The first-order valence-electron chi connectivity index (χ1n) is 9.22. The van der Waals surface area contributed by atoms with Crippen molar-refractivity contribution in [3.8, 4) is 22.6 Å². The van der Waals surface area contributed by atoms with Crippen LogP contribution in [0.2, 0.25) is 0 Å². The number of benzene rings is 2. The molecule has 0 radical (unpaired) electrons. The third kappa shape index (κ3) is 4.84. The quantitative estimate of drug-likeness (QED) is 0.245. The maximum absolute atomic E-state index is 12.6. The van der Waals surface area contributed by atoms with Gasteiger partial charge in [-0.2, -0.15) is 0 Å². The molecular formula is C22H18BrN3O3S2. The van der Waals surface area contributed by atoms with Crippen LogP contribution >= 0.6 is 39.0 Å². The molecule has 6 nitrogen and oxygen atoms in total. The molecule has 0 aliphatic rings. The Morgan fingerprint density at radius 2 is 1.94 bits per heavy atom. The number of hydrogen-bond donors (Lipinski definition) is 1. The van der Waals surface area contributed by atoms with E-state index in [9.17, 15) is 4.79 Å². The van der Waals surface area contributed by atoms with Crippen LogP contribution in [0.5, 0.6) is 11.5 Å². The van der Waals surface area contributed by atoms with E-state index in [0.717, 1.165) is 30.8 Å². The Hall–Kier alpha value is -2.62. The highest BCUT2D eigenvalue weighted by molar-refractivity contribution is 9.10. The van der Waals surface area contributed by atoms with Crippen LogP contribution in [-0.4, -0.2) is 35.8 Å². The highest BCUT2D eigenvalue weighted by Crippen LogP contribution is 2.38. The van der Waals surface area contributed by atoms with Gasteiger partial charge in [0.2, 0.25) is 5.91 Å². The van der Waals surface area contributed by atoms with Crippen LogP contribution in [0.3, 0.4) is 0 Å². The van der Waals surface area contributed by atoms with Gasteiger partial charge in [0, 0.05) is 21.5 Å². The first-order chi connectivity index (χ1) is 15.1. The highest BCUT2D eigenvalue weighted by atomic mass is 79.9. The van der Waals surface area contributed by atoms with Crippen molar-refractivity contribution in [2.75, 3.05) is 25.3 Å². The number of thioether (sulfide) groups is 1. The molecule has 4 rings (SSSR count). The lowest BCUT2D eigenvalue weighted by molar-refractivity contribution is -0.113. The van der Waals surface area contributed by atoms with Gasteiger partial charge < -0.3 is 14.8 Å². The third-order valence-corrected chi connectivity index (χ3v) is 6.92. The first kappa shape index (κ1) is 21.6. The van der Waals surface area contributed by atoms with Gasteiger partial charge in [0.05, 0.1) is 31.0 Å². The molecule has 9 heteroatoms. The Labute approximate surface area is 196 Å². The van der Waals surface area contributed by atoms with Crippen LogP contribution in [0.1, 0.15) is 0 Å². The van der Waals surface area contributed by atoms with Gasteiger partial charge in [0.15, 0.2) is 0 Å². The lowest BCUT2D eigenvalue weighted by atomic mass is 10.1. The van der Waals surface area contributed by atoms with E-state index in [2.05, 4.69) is 48.7 Å². The summed E-state index contributed by atoms with van der Waals surface area (Å²) >= 11 is 6.42. The number of anilines is 1. The normalized spacial score (nSPS) is 10.8. The van der Waals surface area contributed by atoms with Crippen molar-refractivity contribution < 1.29 is 14.3 Å². The number of nitrogens with zero attached hydrogens (tertiary/aromatic N) is 2. The summed E-state index contributed by atoms with van der Waals surface area (Å²) < 4.78 is 11.6. The number of carbonyl (C=O) groups is 1. The van der Waals surface area contributed by atoms with Gasteiger partial charge in [-0.05, 0) is 29.8 Å². The Morgan fingerprint density at radius 3 is 2.68 bits per heavy atom. The molecule has 2 heterocycles. The number of methoxy groups -OCH3 is 2. The number of aromatic nitrogens is 2. The minimum atomic E-state index is -0.163. The maximum Gasteiger partial charge on any atom is 0.234 e. The van der Waals surface area contributed by atoms with E-state index in [1.807, 2.05) is 12.1 Å². The summed E-state index contributed by atoms with van der Waals surface area (Å²) in [5, 5.41) is 6.71. The van der Waals surface area contributed by atoms with Crippen molar-refractivity contribution in [2.24, 2.45) is 0 Å². The Kier molecular flexibility index (Phi) is 6.74. The molecule has 4 aromatic rings. The average Bonchev–Trinajstić information content (AvgIpc) is 3.23. The molecule has 0 aliphatic carbocycles. The minimum absolute atomic E-state index is 0.163. The van der Waals surface area contributed by atoms with Crippen LogP contribution in [0.25, 0.3) is 21.3 Å². The number of halogens is 1. The number of hydrogen-bond acceptors (Lipinski definition) is 7. The molecule has 31 heavy (non-hydrogen) atoms. The number of nitrogens with one attached hydrogen (secondary N) is 1. The third-order valence-electron chi connectivity index (χ3n) is 4.51. The predicted octanol–water partition coefficient (Wildman–Crippen LogP) is 5.87. The van der Waals surface area contributed by atoms with Gasteiger partial charge in [-0.15, -0.1) is 11.3 Å². The fourth-order valence-electron chi connectivity index (χ4n) is 3.03. The van der Waals surface area contributed by atoms with Gasteiger partial charge in [-0.3, -0.25) is 4.79 Å². The van der Waals surface area contributed by atoms with Gasteiger partial charge >= 0.3 is 0 Å². The van der Waals surface area contributed by atoms with Crippen LogP contribution in [0.4, 0.5) is 5.69 Å². The fraction of sp³-hybridized carbons (Fsp3) is 0.136. The summed E-state index contributed by atoms with van der Waals surface area (Å²) in [6.07, 6.45) is 1.54. The van der Waals surface area contributed by atoms with E-state index < -0.39 is 0 Å². The SMILES string of the molecule is COc1ccc(OC)c(NC(=O)CSc2ncnc3scc(-c4ccc(Br)cc4)c23)c1. The summed E-state index contributed by atoms with van der Waals surface area (Å²) in [6.45, 7) is 0. The number of carbonyl (C=O) groups excluding carboxylic acids is 1. The number of fused-ring (bicyclic) bond motifs is 1. The minimum Gasteiger partial charge on any atom is -0.497 e. The summed E-state index contributed by atoms with van der Waals surface area (Å²) in [5.41, 5.74) is 2.70. The zero-order valence-electron chi connectivity index (χ0n) is 16.7. The van der Waals surface area contributed by atoms with Crippen molar-refractivity contribution >= 4 is 60.8 Å². The highest BCUT2D eigenvalue weighted by Gasteiger charge is 2.16. The van der Waals surface area contributed by atoms with Crippen LogP contribution in [0.15, 0.2) is 63.7 Å². The average molecular weight is 516 g/mol. The summed E-state index contributed by atoms with van der Waals surface area (Å²) in [7, 11) is 3.14. The Morgan fingerprint density at radius 1 is 1.13 bits per heavy atom. The van der Waals surface area contributed by atoms with Crippen LogP contribution in [0, 0.1) is 0 Å². The van der Waals surface area contributed by atoms with E-state index in [1.165, 1.54) is 18.1 Å². The van der Waals surface area contributed by atoms with Crippen molar-refractivity contribution in [2.45, 2.75) is 5.03 Å². The van der Waals surface area contributed by atoms with Gasteiger partial charge in [0.25, 0.3) is 0 Å². The number of rotatable bonds is 7. The lowest BCUT2D eigenvalue weighted by Crippen LogP contribution is -2.15. The standard InChI is InChI=1S/C22H18BrN3O3S2/c1-28-15-7-8-18(29-2)17(9-15)26-19(27)11-31-22-20-16(10-30-21(20)24-12-25-22)13-3-5-14(23)6-4-13/h3-10,12H,11H2,1-2H3,(H,26,27). The van der Waals surface area contributed by atoms with Gasteiger partial charge in [-0.1, -0.05) is 39.8 Å². The molecule has 1 N–H and O–H groups in total. The smallest absolute Gasteiger partial charge is 0.234 e. The van der Waals surface area contributed by atoms with Crippen molar-refractivity contribution in [3.05, 3.63) is 58.6 Å². The van der Waals surface area contributed by atoms with E-state index in [-0.39, 0.29) is 11.7 Å². The van der Waals surface area contributed by atoms with Gasteiger partial charge in [0.1, 0.15) is 27.7 Å². The second-order valence-electron chi connectivity index (χ2n) is 6.42. The molecule has 0 atom stereocenters. The van der Waals surface area contributed by atoms with Gasteiger partial charge in [-0.25, -0.2) is 9.97 Å². The molecule has 0 saturated carbocycles. The van der Waals surface area contributed by atoms with Crippen LogP contribution < -0.4 is 14.8 Å². The molecule has 0 aliphatic heterocycles. The maximum atomic E-state index is 12.6. The van der Waals surface area contributed by atoms with Crippen molar-refractivity contribution in [1.29, 1.82) is 0 Å². The zero-order valence-corrected chi connectivity index (χ0v) is 19.9. The first-order valence-corrected chi connectivity index (χ1v) is 11.9. The molecule has 2 aromatic heterocycles. The molecule has 0 unspecified atom stereocenters. The number of thiophene rings is 1. The zero-order chi connectivity index (χ0) is 21.8. The number of amides is 1. The molecule has 0 fully saturated rings. The molecule has 158 valence electrons. The van der Waals surface area contributed by atoms with Crippen LogP contribution in [-0.2, 0) is 4.79 Å². The van der Waals surface area contributed by atoms with Crippen molar-refractivity contribution in [3.63, 3.8) is 0 Å². The second kappa shape index (κ2) is 9.67. The summed E-state index contributed by atoms with van der Waals surface area (Å²) in [6, 6.07) is 13.4. The molecule has 1 amide bonds. The predicted molar refractivity (Wildman–Crippen MR) is 129 cm³/mol. The Bertz CT molecular complexity index is 1230. The van der Waals surface area contributed by atoms with E-state index in [4.69, 9.17) is 9.47 Å². The van der Waals surface area contributed by atoms with Crippen molar-refractivity contribution in [1.82, 2.24) is 9.97 Å². The fourth-order valence-corrected chi connectivity index (χ4v) is 5.09. The molecule has 0 spiro atoms. The molecular weight excluding hydrogens is 498 g/mol. The Balaban J connectivity index is 1.55. The summed E-state index contributed by atoms with van der Waals surface area (Å²) in [4.78, 5) is 22.4. The van der Waals surface area contributed by atoms with E-state index in [1.54, 1.807) is 43.8 Å². The molecule has 2 aromatic carbocycles. The number of ether oxygens (including phenoxy) is 2. The second-order valence-corrected chi connectivity index (χ2v) is 9.16. The lowest BCUT2D eigenvalue weighted by Gasteiger charge is -2.12. The topological polar surface area (TPSA) is 73.3 Å². The monoisotopic (exact) mass is 515 g/mol. The van der Waals surface area contributed by atoms with E-state index in [0.29, 0.717) is 17.2 Å². The molecule has 0 saturated heterocycles. The molecule has 0 bridgehead atoms. The van der Waals surface area contributed by atoms with E-state index >= 15 is 0 Å².